The Morgan fingerprint density at radius 1 is 1.41 bits per heavy atom. The van der Waals surface area contributed by atoms with Crippen molar-refractivity contribution in [3.8, 4) is 0 Å². The van der Waals surface area contributed by atoms with Crippen LogP contribution in [0.5, 0.6) is 0 Å². The van der Waals surface area contributed by atoms with Crippen molar-refractivity contribution in [2.75, 3.05) is 5.32 Å². The Morgan fingerprint density at radius 3 is 2.77 bits per heavy atom. The van der Waals surface area contributed by atoms with E-state index in [2.05, 4.69) is 46.3 Å². The predicted octanol–water partition coefficient (Wildman–Crippen LogP) is 3.97. The molecule has 1 N–H and O–H groups in total. The van der Waals surface area contributed by atoms with Crippen LogP contribution in [0.4, 0.5) is 5.69 Å². The van der Waals surface area contributed by atoms with Crippen LogP contribution in [0.15, 0.2) is 22.8 Å². The van der Waals surface area contributed by atoms with Crippen LogP contribution >= 0.6 is 15.9 Å². The largest absolute Gasteiger partial charge is 0.322 e. The number of nitrogens with one attached hydrogen (secondary N) is 1. The highest BCUT2D eigenvalue weighted by molar-refractivity contribution is 9.10. The third-order valence-corrected chi connectivity index (χ3v) is 5.44. The number of amides is 1. The van der Waals surface area contributed by atoms with E-state index in [1.807, 2.05) is 26.1 Å². The zero-order valence-corrected chi connectivity index (χ0v) is 14.9. The molecule has 0 aliphatic heterocycles. The van der Waals surface area contributed by atoms with Gasteiger partial charge in [0.05, 0.1) is 11.3 Å². The second-order valence-electron chi connectivity index (χ2n) is 6.54. The van der Waals surface area contributed by atoms with Crippen molar-refractivity contribution in [2.45, 2.75) is 39.0 Å². The second kappa shape index (κ2) is 5.23. The smallest absolute Gasteiger partial charge is 0.260 e. The molecule has 0 bridgehead atoms. The van der Waals surface area contributed by atoms with E-state index in [4.69, 9.17) is 0 Å². The lowest BCUT2D eigenvalue weighted by Gasteiger charge is -2.19. The summed E-state index contributed by atoms with van der Waals surface area (Å²) >= 11 is 3.44. The summed E-state index contributed by atoms with van der Waals surface area (Å²) in [6, 6.07) is 6.17. The molecule has 2 aromatic rings. The maximum atomic E-state index is 12.6. The summed E-state index contributed by atoms with van der Waals surface area (Å²) in [6.07, 6.45) is 2.12. The van der Waals surface area contributed by atoms with Crippen LogP contribution < -0.4 is 5.32 Å². The lowest BCUT2D eigenvalue weighted by atomic mass is 9.86. The topological polar surface area (TPSA) is 46.9 Å². The van der Waals surface area contributed by atoms with E-state index in [1.54, 1.807) is 4.68 Å². The molecule has 4 nitrogen and oxygen atoms in total. The van der Waals surface area contributed by atoms with E-state index in [0.29, 0.717) is 10.2 Å². The van der Waals surface area contributed by atoms with E-state index in [0.717, 1.165) is 24.2 Å². The number of fused-ring (bicyclic) bond motifs is 1. The first-order valence-corrected chi connectivity index (χ1v) is 8.23. The minimum atomic E-state index is -0.115. The van der Waals surface area contributed by atoms with Crippen molar-refractivity contribution in [1.82, 2.24) is 9.78 Å². The number of aromatic nitrogens is 2. The van der Waals surface area contributed by atoms with Crippen LogP contribution in [0.1, 0.15) is 47.4 Å². The first kappa shape index (κ1) is 15.3. The van der Waals surface area contributed by atoms with Crippen LogP contribution in [0.25, 0.3) is 0 Å². The molecular formula is C17H20BrN3O. The van der Waals surface area contributed by atoms with Gasteiger partial charge in [-0.2, -0.15) is 5.10 Å². The first-order chi connectivity index (χ1) is 10.3. The maximum absolute atomic E-state index is 12.6. The van der Waals surface area contributed by atoms with Crippen LogP contribution in [0.2, 0.25) is 0 Å². The van der Waals surface area contributed by atoms with Gasteiger partial charge in [0.15, 0.2) is 0 Å². The molecule has 116 valence electrons. The molecule has 1 amide bonds. The highest BCUT2D eigenvalue weighted by Crippen LogP contribution is 2.41. The molecule has 1 aromatic carbocycles. The summed E-state index contributed by atoms with van der Waals surface area (Å²) in [6.45, 7) is 6.36. The fourth-order valence-electron chi connectivity index (χ4n) is 3.25. The Bertz CT molecular complexity index is 762. The number of anilines is 1. The number of halogens is 1. The maximum Gasteiger partial charge on any atom is 0.260 e. The summed E-state index contributed by atoms with van der Waals surface area (Å²) in [5.41, 5.74) is 5.02. The van der Waals surface area contributed by atoms with E-state index in [1.165, 1.54) is 11.1 Å². The average Bonchev–Trinajstić information content (AvgIpc) is 2.88. The average molecular weight is 362 g/mol. The molecule has 0 atom stereocenters. The van der Waals surface area contributed by atoms with Gasteiger partial charge >= 0.3 is 0 Å². The highest BCUT2D eigenvalue weighted by Gasteiger charge is 2.31. The summed E-state index contributed by atoms with van der Waals surface area (Å²) in [5, 5.41) is 7.35. The Kier molecular flexibility index (Phi) is 3.63. The molecule has 1 heterocycles. The molecule has 0 radical (unpaired) electrons. The van der Waals surface area contributed by atoms with Gasteiger partial charge in [0.2, 0.25) is 0 Å². The van der Waals surface area contributed by atoms with Crippen molar-refractivity contribution >= 4 is 27.5 Å². The third kappa shape index (κ3) is 2.37. The molecule has 3 rings (SSSR count). The van der Waals surface area contributed by atoms with Gasteiger partial charge in [-0.05, 0) is 58.3 Å². The standard InChI is InChI=1S/C17H20BrN3O/c1-10-14(15(18)21(4)20-10)16(22)19-13-7-5-6-12-11(13)8-9-17(12,2)3/h5-7H,8-9H2,1-4H3,(H,19,22). The van der Waals surface area contributed by atoms with E-state index < -0.39 is 0 Å². The van der Waals surface area contributed by atoms with Crippen molar-refractivity contribution < 1.29 is 4.79 Å². The van der Waals surface area contributed by atoms with Crippen LogP contribution in [-0.2, 0) is 18.9 Å². The van der Waals surface area contributed by atoms with Crippen LogP contribution in [0, 0.1) is 6.92 Å². The number of rotatable bonds is 2. The Hall–Kier alpha value is -1.62. The number of carbonyl (C=O) groups excluding carboxylic acids is 1. The van der Waals surface area contributed by atoms with E-state index in [9.17, 15) is 4.79 Å². The minimum Gasteiger partial charge on any atom is -0.322 e. The molecule has 5 heteroatoms. The molecule has 1 aliphatic rings. The molecule has 0 saturated heterocycles. The number of nitrogens with zero attached hydrogens (tertiary/aromatic N) is 2. The quantitative estimate of drug-likeness (QED) is 0.879. The monoisotopic (exact) mass is 361 g/mol. The Labute approximate surface area is 139 Å². The second-order valence-corrected chi connectivity index (χ2v) is 7.30. The van der Waals surface area contributed by atoms with E-state index >= 15 is 0 Å². The van der Waals surface area contributed by atoms with Gasteiger partial charge in [0.25, 0.3) is 5.91 Å². The molecule has 0 spiro atoms. The Balaban J connectivity index is 1.95. The van der Waals surface area contributed by atoms with E-state index in [-0.39, 0.29) is 11.3 Å². The van der Waals surface area contributed by atoms with Crippen molar-refractivity contribution in [2.24, 2.45) is 7.05 Å². The zero-order chi connectivity index (χ0) is 16.1. The Morgan fingerprint density at radius 2 is 2.14 bits per heavy atom. The lowest BCUT2D eigenvalue weighted by Crippen LogP contribution is -2.15. The third-order valence-electron chi connectivity index (χ3n) is 4.53. The summed E-state index contributed by atoms with van der Waals surface area (Å²) in [5.74, 6) is -0.115. The molecule has 0 fully saturated rings. The number of hydrogen-bond donors (Lipinski definition) is 1. The SMILES string of the molecule is Cc1nn(C)c(Br)c1C(=O)Nc1cccc2c1CCC2(C)C. The predicted molar refractivity (Wildman–Crippen MR) is 91.4 cm³/mol. The first-order valence-electron chi connectivity index (χ1n) is 7.44. The molecule has 1 aliphatic carbocycles. The molecular weight excluding hydrogens is 342 g/mol. The minimum absolute atomic E-state index is 0.115. The summed E-state index contributed by atoms with van der Waals surface area (Å²) in [4.78, 5) is 12.6. The lowest BCUT2D eigenvalue weighted by molar-refractivity contribution is 0.102. The summed E-state index contributed by atoms with van der Waals surface area (Å²) in [7, 11) is 1.82. The highest BCUT2D eigenvalue weighted by atomic mass is 79.9. The van der Waals surface area contributed by atoms with Gasteiger partial charge in [0.1, 0.15) is 4.60 Å². The van der Waals surface area contributed by atoms with Gasteiger partial charge in [-0.15, -0.1) is 0 Å². The van der Waals surface area contributed by atoms with Gasteiger partial charge in [0, 0.05) is 12.7 Å². The number of hydrogen-bond acceptors (Lipinski definition) is 2. The fourth-order valence-corrected chi connectivity index (χ4v) is 3.80. The van der Waals surface area contributed by atoms with Gasteiger partial charge in [-0.25, -0.2) is 0 Å². The number of aryl methyl sites for hydroxylation is 2. The number of carbonyl (C=O) groups is 1. The van der Waals surface area contributed by atoms with Crippen molar-refractivity contribution in [3.05, 3.63) is 45.2 Å². The van der Waals surface area contributed by atoms with Gasteiger partial charge in [-0.3, -0.25) is 9.48 Å². The normalized spacial score (nSPS) is 15.7. The van der Waals surface area contributed by atoms with Crippen LogP contribution in [-0.4, -0.2) is 15.7 Å². The molecule has 0 unspecified atom stereocenters. The fraction of sp³-hybridized carbons (Fsp3) is 0.412. The molecule has 1 aromatic heterocycles. The molecule has 22 heavy (non-hydrogen) atoms. The van der Waals surface area contributed by atoms with Crippen molar-refractivity contribution in [1.29, 1.82) is 0 Å². The van der Waals surface area contributed by atoms with Crippen LogP contribution in [0.3, 0.4) is 0 Å². The summed E-state index contributed by atoms with van der Waals surface area (Å²) < 4.78 is 2.37. The number of benzene rings is 1. The zero-order valence-electron chi connectivity index (χ0n) is 13.3. The van der Waals surface area contributed by atoms with Gasteiger partial charge in [-0.1, -0.05) is 26.0 Å². The van der Waals surface area contributed by atoms with Crippen molar-refractivity contribution in [3.63, 3.8) is 0 Å². The molecule has 0 saturated carbocycles. The van der Waals surface area contributed by atoms with Gasteiger partial charge < -0.3 is 5.32 Å².